The van der Waals surface area contributed by atoms with Gasteiger partial charge in [0.2, 0.25) is 0 Å². The lowest BCUT2D eigenvalue weighted by molar-refractivity contribution is 0.410. The van der Waals surface area contributed by atoms with Gasteiger partial charge in [-0.1, -0.05) is 20.3 Å². The molecule has 0 amide bonds. The summed E-state index contributed by atoms with van der Waals surface area (Å²) in [5, 5.41) is 4.51. The van der Waals surface area contributed by atoms with Crippen molar-refractivity contribution in [1.82, 2.24) is 5.32 Å². The van der Waals surface area contributed by atoms with Gasteiger partial charge in [-0.15, -0.1) is 0 Å². The maximum atomic E-state index is 6.05. The Labute approximate surface area is 136 Å². The van der Waals surface area contributed by atoms with Crippen molar-refractivity contribution in [2.75, 3.05) is 13.7 Å². The first-order valence-electron chi connectivity index (χ1n) is 6.81. The Morgan fingerprint density at radius 3 is 2.65 bits per heavy atom. The molecule has 5 heteroatoms. The summed E-state index contributed by atoms with van der Waals surface area (Å²) in [7, 11) is 1.66. The van der Waals surface area contributed by atoms with Gasteiger partial charge >= 0.3 is 0 Å². The molecule has 0 radical (unpaired) electrons. The lowest BCUT2D eigenvalue weighted by Crippen LogP contribution is -2.20. The summed E-state index contributed by atoms with van der Waals surface area (Å²) in [5.41, 5.74) is 0.853. The van der Waals surface area contributed by atoms with Crippen LogP contribution in [0.4, 0.5) is 0 Å². The highest BCUT2D eigenvalue weighted by Crippen LogP contribution is 2.41. The Morgan fingerprint density at radius 1 is 1.30 bits per heavy atom. The fraction of sp³-hybridized carbons (Fsp3) is 0.467. The minimum Gasteiger partial charge on any atom is -0.496 e. The SMILES string of the molecule is CCCC(NCC)c1cc2c(Br)c(OC)cc(Br)c2o1. The van der Waals surface area contributed by atoms with Crippen LogP contribution in [0.2, 0.25) is 0 Å². The predicted octanol–water partition coefficient (Wildman–Crippen LogP) is 5.42. The summed E-state index contributed by atoms with van der Waals surface area (Å²) in [6.07, 6.45) is 2.17. The fourth-order valence-electron chi connectivity index (χ4n) is 2.33. The Morgan fingerprint density at radius 2 is 2.05 bits per heavy atom. The van der Waals surface area contributed by atoms with Crippen LogP contribution in [0.25, 0.3) is 11.0 Å². The van der Waals surface area contributed by atoms with E-state index in [1.54, 1.807) is 7.11 Å². The number of hydrogen-bond acceptors (Lipinski definition) is 3. The molecule has 20 heavy (non-hydrogen) atoms. The van der Waals surface area contributed by atoms with Gasteiger partial charge in [-0.25, -0.2) is 0 Å². The molecule has 0 saturated carbocycles. The van der Waals surface area contributed by atoms with Gasteiger partial charge in [0.15, 0.2) is 0 Å². The van der Waals surface area contributed by atoms with E-state index < -0.39 is 0 Å². The molecular weight excluding hydrogens is 386 g/mol. The van der Waals surface area contributed by atoms with Crippen molar-refractivity contribution in [1.29, 1.82) is 0 Å². The molecule has 0 fully saturated rings. The highest BCUT2D eigenvalue weighted by atomic mass is 79.9. The van der Waals surface area contributed by atoms with Crippen LogP contribution in [0.5, 0.6) is 5.75 Å². The number of furan rings is 1. The monoisotopic (exact) mass is 403 g/mol. The third-order valence-electron chi connectivity index (χ3n) is 3.27. The zero-order valence-electron chi connectivity index (χ0n) is 11.9. The smallest absolute Gasteiger partial charge is 0.149 e. The van der Waals surface area contributed by atoms with Crippen molar-refractivity contribution < 1.29 is 9.15 Å². The van der Waals surface area contributed by atoms with E-state index in [2.05, 4.69) is 57.1 Å². The average Bonchev–Trinajstić information content (AvgIpc) is 2.88. The molecule has 2 rings (SSSR count). The van der Waals surface area contributed by atoms with Gasteiger partial charge in [0, 0.05) is 5.39 Å². The normalized spacial score (nSPS) is 12.8. The second kappa shape index (κ2) is 6.96. The number of methoxy groups -OCH3 is 1. The lowest BCUT2D eigenvalue weighted by atomic mass is 10.1. The number of fused-ring (bicyclic) bond motifs is 1. The van der Waals surface area contributed by atoms with Gasteiger partial charge < -0.3 is 14.5 Å². The maximum absolute atomic E-state index is 6.05. The third-order valence-corrected chi connectivity index (χ3v) is 4.68. The van der Waals surface area contributed by atoms with Gasteiger partial charge in [-0.2, -0.15) is 0 Å². The molecule has 0 aliphatic heterocycles. The summed E-state index contributed by atoms with van der Waals surface area (Å²) < 4.78 is 13.3. The summed E-state index contributed by atoms with van der Waals surface area (Å²) in [6.45, 7) is 5.22. The van der Waals surface area contributed by atoms with E-state index in [0.29, 0.717) is 0 Å². The molecule has 0 bridgehead atoms. The first kappa shape index (κ1) is 15.9. The first-order chi connectivity index (χ1) is 9.62. The molecule has 3 nitrogen and oxygen atoms in total. The molecule has 1 aromatic carbocycles. The van der Waals surface area contributed by atoms with E-state index in [9.17, 15) is 0 Å². The standard InChI is InChI=1S/C15H19Br2NO2/c1-4-6-11(18-5-2)12-7-9-14(17)13(19-3)8-10(16)15(9)20-12/h7-8,11,18H,4-6H2,1-3H3. The van der Waals surface area contributed by atoms with Gasteiger partial charge in [-0.3, -0.25) is 0 Å². The molecule has 110 valence electrons. The van der Waals surface area contributed by atoms with Crippen LogP contribution in [0.3, 0.4) is 0 Å². The molecule has 0 aliphatic carbocycles. The number of rotatable bonds is 6. The molecule has 1 heterocycles. The van der Waals surface area contributed by atoms with Gasteiger partial charge in [-0.05, 0) is 57.0 Å². The Hall–Kier alpha value is -0.520. The van der Waals surface area contributed by atoms with Crippen LogP contribution in [-0.2, 0) is 0 Å². The van der Waals surface area contributed by atoms with Crippen molar-refractivity contribution in [3.8, 4) is 5.75 Å². The van der Waals surface area contributed by atoms with Crippen molar-refractivity contribution in [3.63, 3.8) is 0 Å². The highest BCUT2D eigenvalue weighted by molar-refractivity contribution is 9.11. The van der Waals surface area contributed by atoms with E-state index in [1.165, 1.54) is 0 Å². The van der Waals surface area contributed by atoms with E-state index in [1.807, 2.05) is 6.07 Å². The molecular formula is C15H19Br2NO2. The van der Waals surface area contributed by atoms with E-state index >= 15 is 0 Å². The van der Waals surface area contributed by atoms with E-state index in [4.69, 9.17) is 9.15 Å². The van der Waals surface area contributed by atoms with Crippen LogP contribution < -0.4 is 10.1 Å². The molecule has 1 aromatic heterocycles. The fourth-order valence-corrected chi connectivity index (χ4v) is 3.40. The second-order valence-corrected chi connectivity index (χ2v) is 6.31. The average molecular weight is 405 g/mol. The van der Waals surface area contributed by atoms with E-state index in [0.717, 1.165) is 50.8 Å². The van der Waals surface area contributed by atoms with Crippen LogP contribution >= 0.6 is 31.9 Å². The van der Waals surface area contributed by atoms with Crippen LogP contribution in [-0.4, -0.2) is 13.7 Å². The molecule has 0 aliphatic rings. The van der Waals surface area contributed by atoms with Crippen molar-refractivity contribution in [3.05, 3.63) is 26.8 Å². The number of hydrogen-bond donors (Lipinski definition) is 1. The highest BCUT2D eigenvalue weighted by Gasteiger charge is 2.19. The van der Waals surface area contributed by atoms with E-state index in [-0.39, 0.29) is 6.04 Å². The summed E-state index contributed by atoms with van der Waals surface area (Å²) in [4.78, 5) is 0. The Kier molecular flexibility index (Phi) is 5.52. The second-order valence-electron chi connectivity index (χ2n) is 4.67. The van der Waals surface area contributed by atoms with Crippen LogP contribution in [0.15, 0.2) is 25.5 Å². The van der Waals surface area contributed by atoms with Crippen molar-refractivity contribution in [2.24, 2.45) is 0 Å². The molecule has 1 N–H and O–H groups in total. The minimum absolute atomic E-state index is 0.252. The summed E-state index contributed by atoms with van der Waals surface area (Å²) in [6, 6.07) is 4.26. The van der Waals surface area contributed by atoms with Gasteiger partial charge in [0.05, 0.1) is 22.1 Å². The maximum Gasteiger partial charge on any atom is 0.149 e. The zero-order chi connectivity index (χ0) is 14.7. The van der Waals surface area contributed by atoms with Crippen LogP contribution in [0.1, 0.15) is 38.5 Å². The molecule has 0 saturated heterocycles. The number of benzene rings is 1. The Bertz CT molecular complexity index is 589. The lowest BCUT2D eigenvalue weighted by Gasteiger charge is -2.13. The summed E-state index contributed by atoms with van der Waals surface area (Å²) in [5.74, 6) is 1.77. The van der Waals surface area contributed by atoms with Crippen molar-refractivity contribution >= 4 is 42.8 Å². The summed E-state index contributed by atoms with van der Waals surface area (Å²) >= 11 is 7.14. The molecule has 2 aromatic rings. The molecule has 0 spiro atoms. The molecule has 1 atom stereocenters. The van der Waals surface area contributed by atoms with Gasteiger partial charge in [0.25, 0.3) is 0 Å². The predicted molar refractivity (Wildman–Crippen MR) is 89.5 cm³/mol. The van der Waals surface area contributed by atoms with Crippen LogP contribution in [0, 0.1) is 0 Å². The number of halogens is 2. The third kappa shape index (κ3) is 3.05. The quantitative estimate of drug-likeness (QED) is 0.698. The largest absolute Gasteiger partial charge is 0.496 e. The molecule has 1 unspecified atom stereocenters. The topological polar surface area (TPSA) is 34.4 Å². The van der Waals surface area contributed by atoms with Gasteiger partial charge in [0.1, 0.15) is 17.1 Å². The Balaban J connectivity index is 2.51. The number of ether oxygens (including phenoxy) is 1. The number of nitrogens with one attached hydrogen (secondary N) is 1. The zero-order valence-corrected chi connectivity index (χ0v) is 15.1. The minimum atomic E-state index is 0.252. The first-order valence-corrected chi connectivity index (χ1v) is 8.39. The van der Waals surface area contributed by atoms with Crippen molar-refractivity contribution in [2.45, 2.75) is 32.7 Å².